The highest BCUT2D eigenvalue weighted by molar-refractivity contribution is 7.98. The quantitative estimate of drug-likeness (QED) is 0.636. The summed E-state index contributed by atoms with van der Waals surface area (Å²) in [7, 11) is 3.39. The largest absolute Gasteiger partial charge is 0.468 e. The van der Waals surface area contributed by atoms with Crippen molar-refractivity contribution in [3.63, 3.8) is 0 Å². The second kappa shape index (κ2) is 6.49. The fraction of sp³-hybridized carbons (Fsp3) is 0.400. The maximum absolute atomic E-state index is 12.5. The van der Waals surface area contributed by atoms with Crippen LogP contribution in [-0.2, 0) is 26.4 Å². The molecule has 3 rings (SSSR count). The summed E-state index contributed by atoms with van der Waals surface area (Å²) < 4.78 is 9.63. The monoisotopic (exact) mass is 334 g/mol. The van der Waals surface area contributed by atoms with Crippen molar-refractivity contribution in [2.75, 3.05) is 5.75 Å². The van der Waals surface area contributed by atoms with Crippen molar-refractivity contribution in [1.82, 2.24) is 18.7 Å². The summed E-state index contributed by atoms with van der Waals surface area (Å²) >= 11 is 1.72. The average molecular weight is 334 g/mol. The summed E-state index contributed by atoms with van der Waals surface area (Å²) in [5.41, 5.74) is 0.276. The molecule has 0 atom stereocenters. The van der Waals surface area contributed by atoms with Gasteiger partial charge in [0.15, 0.2) is 11.2 Å². The first kappa shape index (κ1) is 15.7. The second-order valence-electron chi connectivity index (χ2n) is 5.31. The van der Waals surface area contributed by atoms with E-state index in [-0.39, 0.29) is 11.2 Å². The van der Waals surface area contributed by atoms with Gasteiger partial charge in [-0.3, -0.25) is 13.9 Å². The predicted octanol–water partition coefficient (Wildman–Crippen LogP) is 1.35. The molecule has 8 heteroatoms. The highest BCUT2D eigenvalue weighted by Crippen LogP contribution is 2.13. The van der Waals surface area contributed by atoms with Crippen molar-refractivity contribution in [3.05, 3.63) is 51.3 Å². The SMILES string of the molecule is Cn1cnc2c1c(=O)n(CCCSCc1ccco1)c(=O)n2C. The molecule has 0 saturated heterocycles. The Morgan fingerprint density at radius 2 is 2.13 bits per heavy atom. The van der Waals surface area contributed by atoms with E-state index in [0.717, 1.165) is 23.7 Å². The van der Waals surface area contributed by atoms with Gasteiger partial charge in [-0.15, -0.1) is 0 Å². The van der Waals surface area contributed by atoms with Gasteiger partial charge >= 0.3 is 5.69 Å². The zero-order valence-electron chi connectivity index (χ0n) is 13.1. The summed E-state index contributed by atoms with van der Waals surface area (Å²) in [5.74, 6) is 2.57. The molecule has 0 aromatic carbocycles. The molecule has 0 unspecified atom stereocenters. The van der Waals surface area contributed by atoms with Crippen LogP contribution < -0.4 is 11.2 Å². The first-order chi connectivity index (χ1) is 11.1. The molecule has 0 bridgehead atoms. The molecule has 3 aromatic rings. The fourth-order valence-electron chi connectivity index (χ4n) is 2.49. The molecule has 0 radical (unpaired) electrons. The molecule has 0 aliphatic heterocycles. The summed E-state index contributed by atoms with van der Waals surface area (Å²) in [6, 6.07) is 3.80. The van der Waals surface area contributed by atoms with Crippen molar-refractivity contribution < 1.29 is 4.42 Å². The molecule has 0 aliphatic rings. The number of aryl methyl sites for hydroxylation is 2. The zero-order chi connectivity index (χ0) is 16.4. The molecule has 3 aromatic heterocycles. The second-order valence-corrected chi connectivity index (χ2v) is 6.42. The molecule has 7 nitrogen and oxygen atoms in total. The van der Waals surface area contributed by atoms with Gasteiger partial charge in [0, 0.05) is 20.6 Å². The average Bonchev–Trinajstić information content (AvgIpc) is 3.17. The Kier molecular flexibility index (Phi) is 4.42. The van der Waals surface area contributed by atoms with Crippen LogP contribution in [0.3, 0.4) is 0 Å². The van der Waals surface area contributed by atoms with Crippen molar-refractivity contribution >= 4 is 22.9 Å². The Bertz CT molecular complexity index is 921. The van der Waals surface area contributed by atoms with Gasteiger partial charge in [0.05, 0.1) is 18.3 Å². The van der Waals surface area contributed by atoms with E-state index in [4.69, 9.17) is 4.42 Å². The van der Waals surface area contributed by atoms with E-state index in [1.807, 2.05) is 12.1 Å². The Balaban J connectivity index is 1.71. The number of hydrogen-bond acceptors (Lipinski definition) is 5. The van der Waals surface area contributed by atoms with Crippen LogP contribution in [0.15, 0.2) is 38.7 Å². The Hall–Kier alpha value is -2.22. The lowest BCUT2D eigenvalue weighted by atomic mass is 10.4. The van der Waals surface area contributed by atoms with Crippen LogP contribution in [0.5, 0.6) is 0 Å². The predicted molar refractivity (Wildman–Crippen MR) is 89.7 cm³/mol. The van der Waals surface area contributed by atoms with Gasteiger partial charge in [0.1, 0.15) is 5.76 Å². The number of imidazole rings is 1. The van der Waals surface area contributed by atoms with E-state index in [0.29, 0.717) is 17.7 Å². The Morgan fingerprint density at radius 3 is 2.87 bits per heavy atom. The van der Waals surface area contributed by atoms with Crippen LogP contribution in [-0.4, -0.2) is 24.4 Å². The Labute approximate surface area is 136 Å². The third kappa shape index (κ3) is 2.98. The van der Waals surface area contributed by atoms with Crippen molar-refractivity contribution in [2.45, 2.75) is 18.7 Å². The summed E-state index contributed by atoms with van der Waals surface area (Å²) in [5, 5.41) is 0. The standard InChI is InChI=1S/C15H18N4O3S/c1-17-10-16-13-12(17)14(20)19(15(21)18(13)2)6-4-8-23-9-11-5-3-7-22-11/h3,5,7,10H,4,6,8-9H2,1-2H3. The van der Waals surface area contributed by atoms with E-state index in [9.17, 15) is 9.59 Å². The number of aromatic nitrogens is 4. The molecular weight excluding hydrogens is 316 g/mol. The van der Waals surface area contributed by atoms with Crippen LogP contribution in [0.1, 0.15) is 12.2 Å². The smallest absolute Gasteiger partial charge is 0.332 e. The number of fused-ring (bicyclic) bond motifs is 1. The van der Waals surface area contributed by atoms with Gasteiger partial charge in [-0.05, 0) is 24.3 Å². The topological polar surface area (TPSA) is 75.0 Å². The minimum absolute atomic E-state index is 0.279. The van der Waals surface area contributed by atoms with E-state index in [1.54, 1.807) is 43.0 Å². The summed E-state index contributed by atoms with van der Waals surface area (Å²) in [4.78, 5) is 28.9. The van der Waals surface area contributed by atoms with E-state index in [1.165, 1.54) is 9.13 Å². The summed E-state index contributed by atoms with van der Waals surface area (Å²) in [6.45, 7) is 0.401. The van der Waals surface area contributed by atoms with E-state index >= 15 is 0 Å². The van der Waals surface area contributed by atoms with Gasteiger partial charge in [-0.25, -0.2) is 9.78 Å². The summed E-state index contributed by atoms with van der Waals surface area (Å²) in [6.07, 6.45) is 3.95. The molecule has 122 valence electrons. The lowest BCUT2D eigenvalue weighted by molar-refractivity contribution is 0.530. The number of furan rings is 1. The first-order valence-electron chi connectivity index (χ1n) is 7.30. The molecule has 0 N–H and O–H groups in total. The highest BCUT2D eigenvalue weighted by Gasteiger charge is 2.14. The Morgan fingerprint density at radius 1 is 1.30 bits per heavy atom. The van der Waals surface area contributed by atoms with Gasteiger partial charge in [-0.2, -0.15) is 11.8 Å². The fourth-order valence-corrected chi connectivity index (χ4v) is 3.33. The minimum Gasteiger partial charge on any atom is -0.468 e. The van der Waals surface area contributed by atoms with Crippen LogP contribution in [0.2, 0.25) is 0 Å². The van der Waals surface area contributed by atoms with Crippen LogP contribution in [0.4, 0.5) is 0 Å². The van der Waals surface area contributed by atoms with Crippen molar-refractivity contribution in [3.8, 4) is 0 Å². The third-order valence-electron chi connectivity index (χ3n) is 3.70. The minimum atomic E-state index is -0.322. The lowest BCUT2D eigenvalue weighted by Crippen LogP contribution is -2.39. The third-order valence-corrected chi connectivity index (χ3v) is 4.76. The number of rotatable bonds is 6. The maximum atomic E-state index is 12.5. The van der Waals surface area contributed by atoms with Crippen LogP contribution in [0, 0.1) is 0 Å². The van der Waals surface area contributed by atoms with Gasteiger partial charge < -0.3 is 8.98 Å². The van der Waals surface area contributed by atoms with Crippen LogP contribution >= 0.6 is 11.8 Å². The molecule has 0 fully saturated rings. The molecule has 0 saturated carbocycles. The molecule has 3 heterocycles. The lowest BCUT2D eigenvalue weighted by Gasteiger charge is -2.08. The van der Waals surface area contributed by atoms with Crippen molar-refractivity contribution in [1.29, 1.82) is 0 Å². The first-order valence-corrected chi connectivity index (χ1v) is 8.46. The number of thioether (sulfide) groups is 1. The molecule has 0 aliphatic carbocycles. The van der Waals surface area contributed by atoms with Gasteiger partial charge in [-0.1, -0.05) is 0 Å². The maximum Gasteiger partial charge on any atom is 0.332 e. The van der Waals surface area contributed by atoms with Crippen LogP contribution in [0.25, 0.3) is 11.2 Å². The normalized spacial score (nSPS) is 11.4. The van der Waals surface area contributed by atoms with Gasteiger partial charge in [0.2, 0.25) is 0 Å². The number of hydrogen-bond donors (Lipinski definition) is 0. The number of nitrogens with zero attached hydrogens (tertiary/aromatic N) is 4. The van der Waals surface area contributed by atoms with Crippen molar-refractivity contribution in [2.24, 2.45) is 14.1 Å². The zero-order valence-corrected chi connectivity index (χ0v) is 13.9. The molecule has 23 heavy (non-hydrogen) atoms. The van der Waals surface area contributed by atoms with Gasteiger partial charge in [0.25, 0.3) is 5.56 Å². The molecule has 0 spiro atoms. The van der Waals surface area contributed by atoms with E-state index in [2.05, 4.69) is 4.98 Å². The molecular formula is C15H18N4O3S. The van der Waals surface area contributed by atoms with E-state index < -0.39 is 0 Å². The molecule has 0 amide bonds. The highest BCUT2D eigenvalue weighted by atomic mass is 32.2.